The molecule has 0 unspecified atom stereocenters. The molecule has 1 aromatic rings. The van der Waals surface area contributed by atoms with Gasteiger partial charge in [0.05, 0.1) is 6.61 Å². The maximum absolute atomic E-state index is 11.7. The zero-order chi connectivity index (χ0) is 17.7. The van der Waals surface area contributed by atoms with Crippen molar-refractivity contribution in [2.75, 3.05) is 26.2 Å². The quantitative estimate of drug-likeness (QED) is 0.846. The van der Waals surface area contributed by atoms with Crippen LogP contribution in [0.2, 0.25) is 5.02 Å². The number of nitrogens with one attached hydrogen (secondary N) is 1. The Kier molecular flexibility index (Phi) is 6.35. The van der Waals surface area contributed by atoms with Crippen molar-refractivity contribution in [3.05, 3.63) is 28.8 Å². The Morgan fingerprint density at radius 3 is 2.71 bits per heavy atom. The first-order valence-corrected chi connectivity index (χ1v) is 8.75. The molecule has 5 nitrogen and oxygen atoms in total. The average Bonchev–Trinajstić information content (AvgIpc) is 2.42. The monoisotopic (exact) mass is 354 g/mol. The molecule has 0 spiro atoms. The first kappa shape index (κ1) is 18.9. The van der Waals surface area contributed by atoms with Gasteiger partial charge in [0, 0.05) is 42.7 Å². The van der Waals surface area contributed by atoms with E-state index in [0.29, 0.717) is 19.1 Å². The number of likely N-dealkylation sites (tertiary alicyclic amines) is 1. The minimum absolute atomic E-state index is 0.352. The highest BCUT2D eigenvalue weighted by Gasteiger charge is 2.28. The molecule has 0 atom stereocenters. The van der Waals surface area contributed by atoms with Gasteiger partial charge in [-0.3, -0.25) is 4.90 Å². The second kappa shape index (κ2) is 8.08. The Morgan fingerprint density at radius 2 is 2.08 bits per heavy atom. The minimum atomic E-state index is -0.460. The number of alkyl carbamates (subject to hydrolysis) is 1. The largest absolute Gasteiger partial charge is 0.494 e. The molecule has 1 aliphatic heterocycles. The summed E-state index contributed by atoms with van der Waals surface area (Å²) in [6, 6.07) is 5.72. The summed E-state index contributed by atoms with van der Waals surface area (Å²) in [6.45, 7) is 11.5. The van der Waals surface area contributed by atoms with Crippen molar-refractivity contribution in [3.63, 3.8) is 0 Å². The highest BCUT2D eigenvalue weighted by atomic mass is 35.5. The molecule has 0 saturated carbocycles. The summed E-state index contributed by atoms with van der Waals surface area (Å²) < 4.78 is 10.9. The van der Waals surface area contributed by atoms with Gasteiger partial charge in [-0.25, -0.2) is 4.79 Å². The first-order valence-electron chi connectivity index (χ1n) is 8.37. The average molecular weight is 355 g/mol. The molecular formula is C18H27ClN2O3. The number of benzene rings is 1. The molecule has 24 heavy (non-hydrogen) atoms. The number of hydrogen-bond donors (Lipinski definition) is 1. The van der Waals surface area contributed by atoms with Gasteiger partial charge in [-0.2, -0.15) is 0 Å². The van der Waals surface area contributed by atoms with Crippen molar-refractivity contribution in [2.45, 2.75) is 39.8 Å². The third-order valence-electron chi connectivity index (χ3n) is 3.68. The van der Waals surface area contributed by atoms with Crippen LogP contribution in [0.1, 0.15) is 33.3 Å². The summed E-state index contributed by atoms with van der Waals surface area (Å²) in [6.07, 6.45) is -0.352. The summed E-state index contributed by atoms with van der Waals surface area (Å²) in [5, 5.41) is 3.55. The van der Waals surface area contributed by atoms with Gasteiger partial charge < -0.3 is 14.8 Å². The third kappa shape index (κ3) is 5.87. The van der Waals surface area contributed by atoms with Crippen LogP contribution in [0, 0.1) is 5.92 Å². The second-order valence-corrected chi connectivity index (χ2v) is 7.56. The van der Waals surface area contributed by atoms with Gasteiger partial charge in [0.25, 0.3) is 0 Å². The molecule has 134 valence electrons. The van der Waals surface area contributed by atoms with Crippen LogP contribution < -0.4 is 10.1 Å². The molecule has 1 amide bonds. The zero-order valence-corrected chi connectivity index (χ0v) is 15.7. The lowest BCUT2D eigenvalue weighted by molar-refractivity contribution is 0.0456. The van der Waals surface area contributed by atoms with Crippen molar-refractivity contribution < 1.29 is 14.3 Å². The molecule has 2 rings (SSSR count). The van der Waals surface area contributed by atoms with Crippen LogP contribution in [0.4, 0.5) is 4.79 Å². The highest BCUT2D eigenvalue weighted by Crippen LogP contribution is 2.27. The van der Waals surface area contributed by atoms with Crippen LogP contribution in [0.3, 0.4) is 0 Å². The van der Waals surface area contributed by atoms with Gasteiger partial charge in [-0.05, 0) is 45.9 Å². The topological polar surface area (TPSA) is 50.8 Å². The van der Waals surface area contributed by atoms with E-state index in [9.17, 15) is 4.79 Å². The fourth-order valence-corrected chi connectivity index (χ4v) is 2.88. The van der Waals surface area contributed by atoms with Crippen molar-refractivity contribution in [1.82, 2.24) is 10.2 Å². The fourth-order valence-electron chi connectivity index (χ4n) is 2.69. The molecular weight excluding hydrogens is 328 g/mol. The van der Waals surface area contributed by atoms with E-state index in [-0.39, 0.29) is 6.09 Å². The fraction of sp³-hybridized carbons (Fsp3) is 0.611. The standard InChI is InChI=1S/C18H27ClN2O3/c1-5-23-16-7-6-15(19)8-14(16)12-21-10-13(11-21)9-20-17(22)24-18(2,3)4/h6-8,13H,5,9-12H2,1-4H3,(H,20,22). The molecule has 0 aliphatic carbocycles. The second-order valence-electron chi connectivity index (χ2n) is 7.13. The number of ether oxygens (including phenoxy) is 2. The van der Waals surface area contributed by atoms with Crippen LogP contribution in [-0.4, -0.2) is 42.8 Å². The van der Waals surface area contributed by atoms with E-state index < -0.39 is 5.60 Å². The number of rotatable bonds is 6. The minimum Gasteiger partial charge on any atom is -0.494 e. The van der Waals surface area contributed by atoms with Crippen molar-refractivity contribution in [1.29, 1.82) is 0 Å². The predicted octanol–water partition coefficient (Wildman–Crippen LogP) is 3.70. The van der Waals surface area contributed by atoms with Gasteiger partial charge in [-0.15, -0.1) is 0 Å². The summed E-state index contributed by atoms with van der Waals surface area (Å²) in [7, 11) is 0. The summed E-state index contributed by atoms with van der Waals surface area (Å²) >= 11 is 6.09. The molecule has 1 saturated heterocycles. The van der Waals surface area contributed by atoms with Crippen molar-refractivity contribution in [2.24, 2.45) is 5.92 Å². The Balaban J connectivity index is 1.75. The number of amides is 1. The van der Waals surface area contributed by atoms with Crippen LogP contribution in [0.15, 0.2) is 18.2 Å². The molecule has 1 aliphatic rings. The lowest BCUT2D eigenvalue weighted by Crippen LogP contribution is -2.51. The van der Waals surface area contributed by atoms with Crippen molar-refractivity contribution >= 4 is 17.7 Å². The summed E-state index contributed by atoms with van der Waals surface area (Å²) in [4.78, 5) is 14.0. The molecule has 1 N–H and O–H groups in total. The van der Waals surface area contributed by atoms with E-state index in [4.69, 9.17) is 21.1 Å². The molecule has 0 radical (unpaired) electrons. The smallest absolute Gasteiger partial charge is 0.407 e. The maximum Gasteiger partial charge on any atom is 0.407 e. The number of carbonyl (C=O) groups excluding carboxylic acids is 1. The highest BCUT2D eigenvalue weighted by molar-refractivity contribution is 6.30. The molecule has 6 heteroatoms. The predicted molar refractivity (Wildman–Crippen MR) is 95.6 cm³/mol. The summed E-state index contributed by atoms with van der Waals surface area (Å²) in [5.41, 5.74) is 0.640. The maximum atomic E-state index is 11.7. The van der Waals surface area contributed by atoms with E-state index in [1.807, 2.05) is 45.9 Å². The van der Waals surface area contributed by atoms with Crippen molar-refractivity contribution in [3.8, 4) is 5.75 Å². The van der Waals surface area contributed by atoms with Gasteiger partial charge in [0.1, 0.15) is 11.4 Å². The molecule has 1 aromatic carbocycles. The SMILES string of the molecule is CCOc1ccc(Cl)cc1CN1CC(CNC(=O)OC(C)(C)C)C1. The Hall–Kier alpha value is -1.46. The van der Waals surface area contributed by atoms with Gasteiger partial charge in [0.2, 0.25) is 0 Å². The Bertz CT molecular complexity index is 566. The van der Waals surface area contributed by atoms with E-state index in [1.165, 1.54) is 0 Å². The molecule has 0 aromatic heterocycles. The lowest BCUT2D eigenvalue weighted by atomic mass is 9.99. The number of nitrogens with zero attached hydrogens (tertiary/aromatic N) is 1. The first-order chi connectivity index (χ1) is 11.3. The van der Waals surface area contributed by atoms with Crippen LogP contribution >= 0.6 is 11.6 Å². The van der Waals surface area contributed by atoms with E-state index in [1.54, 1.807) is 0 Å². The molecule has 1 fully saturated rings. The van der Waals surface area contributed by atoms with Crippen LogP contribution in [0.5, 0.6) is 5.75 Å². The van der Waals surface area contributed by atoms with Crippen LogP contribution in [-0.2, 0) is 11.3 Å². The summed E-state index contributed by atoms with van der Waals surface area (Å²) in [5.74, 6) is 1.34. The van der Waals surface area contributed by atoms with Gasteiger partial charge in [-0.1, -0.05) is 11.6 Å². The third-order valence-corrected chi connectivity index (χ3v) is 3.92. The molecule has 1 heterocycles. The normalized spacial score (nSPS) is 15.7. The molecule has 0 bridgehead atoms. The number of carbonyl (C=O) groups is 1. The zero-order valence-electron chi connectivity index (χ0n) is 14.9. The van der Waals surface area contributed by atoms with E-state index >= 15 is 0 Å². The Labute approximate surface area is 149 Å². The van der Waals surface area contributed by atoms with Crippen LogP contribution in [0.25, 0.3) is 0 Å². The lowest BCUT2D eigenvalue weighted by Gasteiger charge is -2.39. The number of hydrogen-bond acceptors (Lipinski definition) is 4. The van der Waals surface area contributed by atoms with Gasteiger partial charge >= 0.3 is 6.09 Å². The van der Waals surface area contributed by atoms with E-state index in [2.05, 4.69) is 10.2 Å². The van der Waals surface area contributed by atoms with Gasteiger partial charge in [0.15, 0.2) is 0 Å². The number of halogens is 1. The Morgan fingerprint density at radius 1 is 1.38 bits per heavy atom. The van der Waals surface area contributed by atoms with E-state index in [0.717, 1.165) is 36.0 Å².